The Morgan fingerprint density at radius 1 is 0.810 bits per heavy atom. The number of carboxylic acids is 1. The van der Waals surface area contributed by atoms with Gasteiger partial charge in [0, 0.05) is 13.0 Å². The fourth-order valence-electron chi connectivity index (χ4n) is 2.46. The molecule has 0 aromatic carbocycles. The molecule has 0 spiro atoms. The summed E-state index contributed by atoms with van der Waals surface area (Å²) in [7, 11) is 0. The zero-order valence-electron chi connectivity index (χ0n) is 13.1. The molecule has 0 aromatic rings. The molecule has 0 aliphatic heterocycles. The van der Waals surface area contributed by atoms with Crippen LogP contribution in [0.25, 0.3) is 0 Å². The molecular weight excluding hydrogens is 270 g/mol. The van der Waals surface area contributed by atoms with Crippen LogP contribution in [0, 0.1) is 4.91 Å². The molecular formula is C16H31NO4. The summed E-state index contributed by atoms with van der Waals surface area (Å²) >= 11 is 0. The van der Waals surface area contributed by atoms with Crippen molar-refractivity contribution in [2.24, 2.45) is 5.18 Å². The number of nitroso groups, excluding NO2 is 1. The summed E-state index contributed by atoms with van der Waals surface area (Å²) in [6.45, 7) is 0.252. The molecule has 5 heteroatoms. The average Bonchev–Trinajstić information content (AvgIpc) is 2.47. The normalized spacial score (nSPS) is 12.2. The minimum atomic E-state index is -0.714. The van der Waals surface area contributed by atoms with Crippen molar-refractivity contribution in [1.82, 2.24) is 0 Å². The number of unbranched alkanes of at least 4 members (excludes halogenated alkanes) is 8. The van der Waals surface area contributed by atoms with Gasteiger partial charge in [-0.3, -0.25) is 4.79 Å². The minimum Gasteiger partial charge on any atom is -0.481 e. The Kier molecular flexibility index (Phi) is 14.7. The standard InChI is InChI=1S/C16H31NO4/c18-14-10-6-5-8-12-15(17-21)11-7-3-1-2-4-9-13-16(19)20/h15,18H,1-14H2,(H,19,20). The van der Waals surface area contributed by atoms with Gasteiger partial charge in [-0.1, -0.05) is 56.5 Å². The number of aliphatic carboxylic acids is 1. The summed E-state index contributed by atoms with van der Waals surface area (Å²) in [6, 6.07) is -0.0499. The van der Waals surface area contributed by atoms with Gasteiger partial charge in [-0.05, 0) is 25.7 Å². The van der Waals surface area contributed by atoms with Crippen molar-refractivity contribution in [3.63, 3.8) is 0 Å². The van der Waals surface area contributed by atoms with Crippen molar-refractivity contribution in [1.29, 1.82) is 0 Å². The molecule has 0 fully saturated rings. The van der Waals surface area contributed by atoms with Crippen molar-refractivity contribution in [2.75, 3.05) is 6.61 Å². The second kappa shape index (κ2) is 15.4. The Labute approximate surface area is 128 Å². The average molecular weight is 301 g/mol. The second-order valence-corrected chi connectivity index (χ2v) is 5.74. The third-order valence-electron chi connectivity index (χ3n) is 3.77. The summed E-state index contributed by atoms with van der Waals surface area (Å²) in [5, 5.41) is 20.4. The largest absolute Gasteiger partial charge is 0.481 e. The lowest BCUT2D eigenvalue weighted by Gasteiger charge is -2.08. The van der Waals surface area contributed by atoms with Gasteiger partial charge in [-0.2, -0.15) is 4.91 Å². The van der Waals surface area contributed by atoms with Gasteiger partial charge >= 0.3 is 5.97 Å². The van der Waals surface area contributed by atoms with E-state index in [2.05, 4.69) is 5.18 Å². The van der Waals surface area contributed by atoms with Crippen LogP contribution >= 0.6 is 0 Å². The van der Waals surface area contributed by atoms with Crippen LogP contribution in [0.3, 0.4) is 0 Å². The summed E-state index contributed by atoms with van der Waals surface area (Å²) in [6.07, 6.45) is 12.0. The van der Waals surface area contributed by atoms with E-state index in [1.54, 1.807) is 0 Å². The van der Waals surface area contributed by atoms with E-state index in [-0.39, 0.29) is 19.1 Å². The van der Waals surface area contributed by atoms with E-state index in [4.69, 9.17) is 10.2 Å². The maximum atomic E-state index is 10.7. The highest BCUT2D eigenvalue weighted by atomic mass is 16.4. The fourth-order valence-corrected chi connectivity index (χ4v) is 2.46. The predicted octanol–water partition coefficient (Wildman–Crippen LogP) is 4.27. The Balaban J connectivity index is 3.34. The topological polar surface area (TPSA) is 87.0 Å². The number of carbonyl (C=O) groups is 1. The van der Waals surface area contributed by atoms with Crippen LogP contribution in [-0.4, -0.2) is 28.8 Å². The molecule has 21 heavy (non-hydrogen) atoms. The van der Waals surface area contributed by atoms with Crippen LogP contribution in [-0.2, 0) is 4.79 Å². The predicted molar refractivity (Wildman–Crippen MR) is 84.3 cm³/mol. The van der Waals surface area contributed by atoms with Crippen molar-refractivity contribution in [2.45, 2.75) is 89.5 Å². The highest BCUT2D eigenvalue weighted by Gasteiger charge is 2.07. The van der Waals surface area contributed by atoms with Crippen molar-refractivity contribution in [3.8, 4) is 0 Å². The van der Waals surface area contributed by atoms with Gasteiger partial charge in [0.25, 0.3) is 0 Å². The molecule has 124 valence electrons. The molecule has 0 heterocycles. The lowest BCUT2D eigenvalue weighted by atomic mass is 10.0. The van der Waals surface area contributed by atoms with Gasteiger partial charge in [0.15, 0.2) is 0 Å². The molecule has 0 saturated carbocycles. The summed E-state index contributed by atoms with van der Waals surface area (Å²) in [5.41, 5.74) is 0. The smallest absolute Gasteiger partial charge is 0.303 e. The van der Waals surface area contributed by atoms with Crippen LogP contribution in [0.5, 0.6) is 0 Å². The van der Waals surface area contributed by atoms with E-state index in [0.717, 1.165) is 77.0 Å². The molecule has 1 unspecified atom stereocenters. The number of rotatable bonds is 16. The molecule has 0 aliphatic carbocycles. The Bertz CT molecular complexity index is 259. The number of aliphatic hydroxyl groups excluding tert-OH is 1. The van der Waals surface area contributed by atoms with Crippen molar-refractivity contribution in [3.05, 3.63) is 4.91 Å². The van der Waals surface area contributed by atoms with E-state index < -0.39 is 5.97 Å². The van der Waals surface area contributed by atoms with Gasteiger partial charge in [-0.15, -0.1) is 0 Å². The number of nitrogens with zero attached hydrogens (tertiary/aromatic N) is 1. The van der Waals surface area contributed by atoms with Gasteiger partial charge in [0.05, 0.1) is 6.04 Å². The molecule has 0 radical (unpaired) electrons. The van der Waals surface area contributed by atoms with E-state index in [0.29, 0.717) is 0 Å². The van der Waals surface area contributed by atoms with Gasteiger partial charge in [0.1, 0.15) is 0 Å². The quantitative estimate of drug-likeness (QED) is 0.329. The zero-order chi connectivity index (χ0) is 15.8. The monoisotopic (exact) mass is 301 g/mol. The summed E-state index contributed by atoms with van der Waals surface area (Å²) < 4.78 is 0. The van der Waals surface area contributed by atoms with Gasteiger partial charge in [0.2, 0.25) is 0 Å². The second-order valence-electron chi connectivity index (χ2n) is 5.74. The van der Waals surface area contributed by atoms with Crippen LogP contribution < -0.4 is 0 Å². The number of hydrogen-bond donors (Lipinski definition) is 2. The van der Waals surface area contributed by atoms with Crippen molar-refractivity contribution < 1.29 is 15.0 Å². The highest BCUT2D eigenvalue weighted by Crippen LogP contribution is 2.15. The van der Waals surface area contributed by atoms with Gasteiger partial charge in [-0.25, -0.2) is 0 Å². The SMILES string of the molecule is O=NC(CCCCCCO)CCCCCCCCC(=O)O. The molecule has 1 atom stereocenters. The summed E-state index contributed by atoms with van der Waals surface area (Å²) in [5.74, 6) is -0.714. The number of hydrogen-bond acceptors (Lipinski definition) is 4. The van der Waals surface area contributed by atoms with Crippen LogP contribution in [0.2, 0.25) is 0 Å². The third kappa shape index (κ3) is 15.2. The van der Waals surface area contributed by atoms with Crippen LogP contribution in [0.1, 0.15) is 83.5 Å². The molecule has 0 aromatic heterocycles. The molecule has 0 rings (SSSR count). The Morgan fingerprint density at radius 2 is 1.29 bits per heavy atom. The first-order valence-electron chi connectivity index (χ1n) is 8.35. The third-order valence-corrected chi connectivity index (χ3v) is 3.77. The molecule has 0 saturated heterocycles. The molecule has 0 aliphatic rings. The van der Waals surface area contributed by atoms with Crippen LogP contribution in [0.15, 0.2) is 5.18 Å². The van der Waals surface area contributed by atoms with E-state index in [1.807, 2.05) is 0 Å². The maximum Gasteiger partial charge on any atom is 0.303 e. The fraction of sp³-hybridized carbons (Fsp3) is 0.938. The van der Waals surface area contributed by atoms with E-state index >= 15 is 0 Å². The summed E-state index contributed by atoms with van der Waals surface area (Å²) in [4.78, 5) is 21.1. The van der Waals surface area contributed by atoms with Crippen LogP contribution in [0.4, 0.5) is 0 Å². The lowest BCUT2D eigenvalue weighted by Crippen LogP contribution is -2.03. The first-order chi connectivity index (χ1) is 10.2. The van der Waals surface area contributed by atoms with Gasteiger partial charge < -0.3 is 10.2 Å². The lowest BCUT2D eigenvalue weighted by molar-refractivity contribution is -0.137. The molecule has 2 N–H and O–H groups in total. The van der Waals surface area contributed by atoms with Crippen molar-refractivity contribution >= 4 is 5.97 Å². The number of aliphatic hydroxyl groups is 1. The molecule has 5 nitrogen and oxygen atoms in total. The van der Waals surface area contributed by atoms with E-state index in [9.17, 15) is 9.70 Å². The first kappa shape index (κ1) is 20.0. The number of carboxylic acid groups (broad SMARTS) is 1. The highest BCUT2D eigenvalue weighted by molar-refractivity contribution is 5.66. The molecule has 0 amide bonds. The van der Waals surface area contributed by atoms with E-state index in [1.165, 1.54) is 0 Å². The zero-order valence-corrected chi connectivity index (χ0v) is 13.1. The minimum absolute atomic E-state index is 0.0499. The molecule has 0 bridgehead atoms. The Morgan fingerprint density at radius 3 is 1.76 bits per heavy atom. The maximum absolute atomic E-state index is 10.7. The Hall–Kier alpha value is -0.970. The first-order valence-corrected chi connectivity index (χ1v) is 8.35.